The van der Waals surface area contributed by atoms with Gasteiger partial charge in [0.1, 0.15) is 0 Å². The minimum Gasteiger partial charge on any atom is -0.339 e. The average molecular weight is 289 g/mol. The van der Waals surface area contributed by atoms with Crippen molar-refractivity contribution in [1.82, 2.24) is 20.4 Å². The van der Waals surface area contributed by atoms with Crippen molar-refractivity contribution in [3.63, 3.8) is 0 Å². The van der Waals surface area contributed by atoms with E-state index in [0.29, 0.717) is 0 Å². The first-order chi connectivity index (χ1) is 8.49. The van der Waals surface area contributed by atoms with Gasteiger partial charge in [0.2, 0.25) is 5.89 Å². The Labute approximate surface area is 121 Å². The Hall–Kier alpha value is -0.650. The number of hydrogen-bond acceptors (Lipinski definition) is 5. The Morgan fingerprint density at radius 3 is 2.74 bits per heavy atom. The minimum absolute atomic E-state index is 0. The number of nitrogens with one attached hydrogen (secondary N) is 1. The van der Waals surface area contributed by atoms with Crippen LogP contribution < -0.4 is 5.32 Å². The van der Waals surface area contributed by atoms with Gasteiger partial charge in [0, 0.05) is 12.0 Å². The van der Waals surface area contributed by atoms with Gasteiger partial charge < -0.3 is 9.84 Å². The van der Waals surface area contributed by atoms with Gasteiger partial charge >= 0.3 is 0 Å². The smallest absolute Gasteiger partial charge is 0.232 e. The number of rotatable bonds is 4. The maximum absolute atomic E-state index is 5.31. The van der Waals surface area contributed by atoms with Crippen molar-refractivity contribution >= 4 is 12.4 Å². The molecule has 1 aromatic heterocycles. The van der Waals surface area contributed by atoms with E-state index in [1.807, 2.05) is 7.05 Å². The lowest BCUT2D eigenvalue weighted by molar-refractivity contribution is 0.290. The van der Waals surface area contributed by atoms with Crippen molar-refractivity contribution in [2.24, 2.45) is 5.92 Å². The third kappa shape index (κ3) is 4.44. The molecule has 1 aromatic rings. The number of halogens is 1. The molecule has 1 aliphatic heterocycles. The lowest BCUT2D eigenvalue weighted by Crippen LogP contribution is -2.24. The molecule has 1 fully saturated rings. The van der Waals surface area contributed by atoms with Gasteiger partial charge in [0.05, 0.1) is 6.54 Å². The largest absolute Gasteiger partial charge is 0.339 e. The van der Waals surface area contributed by atoms with Crippen LogP contribution in [0.4, 0.5) is 0 Å². The van der Waals surface area contributed by atoms with Gasteiger partial charge in [-0.1, -0.05) is 25.9 Å². The number of likely N-dealkylation sites (tertiary alicyclic amines) is 1. The van der Waals surface area contributed by atoms with Crippen LogP contribution >= 0.6 is 12.4 Å². The normalized spacial score (nSPS) is 20.5. The van der Waals surface area contributed by atoms with E-state index in [9.17, 15) is 0 Å². The highest BCUT2D eigenvalue weighted by atomic mass is 35.5. The standard InChI is InChI=1S/C13H24N4O.ClH/c1-13(2,3)12-15-11(16-18-12)9-17-6-5-10(8-17)7-14-4;/h10,14H,5-9H2,1-4H3;1H. The summed E-state index contributed by atoms with van der Waals surface area (Å²) < 4.78 is 5.31. The molecule has 0 saturated carbocycles. The van der Waals surface area contributed by atoms with Gasteiger partial charge in [-0.05, 0) is 32.5 Å². The van der Waals surface area contributed by atoms with Gasteiger partial charge in [0.25, 0.3) is 0 Å². The molecule has 0 radical (unpaired) electrons. The Balaban J connectivity index is 0.00000180. The Morgan fingerprint density at radius 2 is 2.16 bits per heavy atom. The first kappa shape index (κ1) is 16.4. The van der Waals surface area contributed by atoms with E-state index in [-0.39, 0.29) is 17.8 Å². The topological polar surface area (TPSA) is 54.2 Å². The van der Waals surface area contributed by atoms with Crippen LogP contribution in [0.5, 0.6) is 0 Å². The van der Waals surface area contributed by atoms with Gasteiger partial charge in [0.15, 0.2) is 5.82 Å². The molecule has 19 heavy (non-hydrogen) atoms. The fourth-order valence-corrected chi connectivity index (χ4v) is 2.33. The first-order valence-corrected chi connectivity index (χ1v) is 6.69. The van der Waals surface area contributed by atoms with Crippen molar-refractivity contribution < 1.29 is 4.52 Å². The van der Waals surface area contributed by atoms with E-state index >= 15 is 0 Å². The minimum atomic E-state index is -0.0646. The molecule has 1 saturated heterocycles. The Morgan fingerprint density at radius 1 is 1.42 bits per heavy atom. The van der Waals surface area contributed by atoms with Crippen molar-refractivity contribution in [3.8, 4) is 0 Å². The second-order valence-electron chi connectivity index (χ2n) is 6.21. The zero-order valence-corrected chi connectivity index (χ0v) is 13.1. The van der Waals surface area contributed by atoms with E-state index in [4.69, 9.17) is 4.52 Å². The highest BCUT2D eigenvalue weighted by molar-refractivity contribution is 5.85. The zero-order valence-electron chi connectivity index (χ0n) is 12.3. The van der Waals surface area contributed by atoms with Crippen LogP contribution in [0.3, 0.4) is 0 Å². The van der Waals surface area contributed by atoms with Crippen LogP contribution in [0.25, 0.3) is 0 Å². The van der Waals surface area contributed by atoms with Crippen molar-refractivity contribution in [3.05, 3.63) is 11.7 Å². The molecule has 1 N–H and O–H groups in total. The van der Waals surface area contributed by atoms with Crippen molar-refractivity contribution in [2.75, 3.05) is 26.7 Å². The number of hydrogen-bond donors (Lipinski definition) is 1. The summed E-state index contributed by atoms with van der Waals surface area (Å²) in [5.41, 5.74) is -0.0646. The second-order valence-corrected chi connectivity index (χ2v) is 6.21. The zero-order chi connectivity index (χ0) is 13.2. The quantitative estimate of drug-likeness (QED) is 0.916. The van der Waals surface area contributed by atoms with Gasteiger partial charge in [-0.15, -0.1) is 12.4 Å². The molecular weight excluding hydrogens is 264 g/mol. The predicted octanol–water partition coefficient (Wildman–Crippen LogP) is 1.83. The molecule has 5 nitrogen and oxygen atoms in total. The lowest BCUT2D eigenvalue weighted by atomic mass is 9.97. The van der Waals surface area contributed by atoms with E-state index < -0.39 is 0 Å². The summed E-state index contributed by atoms with van der Waals surface area (Å²) in [7, 11) is 2.01. The molecule has 1 aliphatic rings. The fourth-order valence-electron chi connectivity index (χ4n) is 2.33. The maximum Gasteiger partial charge on any atom is 0.232 e. The number of aromatic nitrogens is 2. The Bertz CT molecular complexity index is 388. The van der Waals surface area contributed by atoms with Crippen LogP contribution in [0.1, 0.15) is 38.9 Å². The summed E-state index contributed by atoms with van der Waals surface area (Å²) >= 11 is 0. The molecule has 1 atom stereocenters. The maximum atomic E-state index is 5.31. The van der Waals surface area contributed by atoms with E-state index in [1.54, 1.807) is 0 Å². The molecule has 0 spiro atoms. The third-order valence-corrected chi connectivity index (χ3v) is 3.34. The van der Waals surface area contributed by atoms with E-state index in [0.717, 1.165) is 43.8 Å². The second kappa shape index (κ2) is 6.68. The molecule has 2 heterocycles. The summed E-state index contributed by atoms with van der Waals surface area (Å²) in [5.74, 6) is 2.29. The molecule has 1 unspecified atom stereocenters. The first-order valence-electron chi connectivity index (χ1n) is 6.69. The third-order valence-electron chi connectivity index (χ3n) is 3.34. The van der Waals surface area contributed by atoms with Crippen molar-refractivity contribution in [2.45, 2.75) is 39.2 Å². The van der Waals surface area contributed by atoms with Gasteiger partial charge in [-0.3, -0.25) is 4.90 Å². The van der Waals surface area contributed by atoms with E-state index in [2.05, 4.69) is 41.1 Å². The summed E-state index contributed by atoms with van der Waals surface area (Å²) in [6, 6.07) is 0. The van der Waals surface area contributed by atoms with Crippen LogP contribution in [0.2, 0.25) is 0 Å². The summed E-state index contributed by atoms with van der Waals surface area (Å²) in [6.45, 7) is 10.4. The van der Waals surface area contributed by atoms with Crippen LogP contribution in [-0.2, 0) is 12.0 Å². The predicted molar refractivity (Wildman–Crippen MR) is 77.6 cm³/mol. The molecular formula is C13H25ClN4O. The molecule has 0 aromatic carbocycles. The molecule has 0 bridgehead atoms. The lowest BCUT2D eigenvalue weighted by Gasteiger charge is -2.13. The monoisotopic (exact) mass is 288 g/mol. The van der Waals surface area contributed by atoms with Gasteiger partial charge in [-0.25, -0.2) is 0 Å². The Kier molecular flexibility index (Phi) is 5.77. The summed E-state index contributed by atoms with van der Waals surface area (Å²) in [5, 5.41) is 7.32. The van der Waals surface area contributed by atoms with Crippen LogP contribution in [-0.4, -0.2) is 41.7 Å². The van der Waals surface area contributed by atoms with Gasteiger partial charge in [-0.2, -0.15) is 4.98 Å². The molecule has 110 valence electrons. The molecule has 0 aliphatic carbocycles. The van der Waals surface area contributed by atoms with Crippen LogP contribution in [0, 0.1) is 5.92 Å². The highest BCUT2D eigenvalue weighted by Crippen LogP contribution is 2.21. The van der Waals surface area contributed by atoms with Crippen LogP contribution in [0.15, 0.2) is 4.52 Å². The van der Waals surface area contributed by atoms with E-state index in [1.165, 1.54) is 6.42 Å². The average Bonchev–Trinajstić information content (AvgIpc) is 2.88. The molecule has 0 amide bonds. The summed E-state index contributed by atoms with van der Waals surface area (Å²) in [6.07, 6.45) is 1.25. The fraction of sp³-hybridized carbons (Fsp3) is 0.846. The number of nitrogens with zero attached hydrogens (tertiary/aromatic N) is 3. The molecule has 6 heteroatoms. The van der Waals surface area contributed by atoms with Crippen molar-refractivity contribution in [1.29, 1.82) is 0 Å². The summed E-state index contributed by atoms with van der Waals surface area (Å²) in [4.78, 5) is 6.88. The SMILES string of the molecule is CNCC1CCN(Cc2noc(C(C)(C)C)n2)C1.Cl. The molecule has 2 rings (SSSR count). The highest BCUT2D eigenvalue weighted by Gasteiger charge is 2.25.